The number of hydrogen-bond donors (Lipinski definition) is 0. The molecule has 0 aromatic heterocycles. The van der Waals surface area contributed by atoms with Gasteiger partial charge in [0.1, 0.15) is 6.10 Å². The second kappa shape index (κ2) is 13.6. The molecule has 3 heteroatoms. The lowest BCUT2D eigenvalue weighted by atomic mass is 9.71. The van der Waals surface area contributed by atoms with E-state index in [4.69, 9.17) is 14.2 Å². The lowest BCUT2D eigenvalue weighted by Gasteiger charge is -2.43. The first kappa shape index (κ1) is 22.7. The number of epoxide rings is 1. The van der Waals surface area contributed by atoms with Crippen molar-refractivity contribution < 1.29 is 14.2 Å². The summed E-state index contributed by atoms with van der Waals surface area (Å²) in [5.74, 6) is 0.751. The first-order valence-corrected chi connectivity index (χ1v) is 11.8. The first-order valence-electron chi connectivity index (χ1n) is 11.8. The van der Waals surface area contributed by atoms with Gasteiger partial charge in [0.2, 0.25) is 0 Å². The zero-order chi connectivity index (χ0) is 19.2. The zero-order valence-electron chi connectivity index (χ0n) is 17.9. The second-order valence-electron chi connectivity index (χ2n) is 8.68. The molecule has 3 nitrogen and oxygen atoms in total. The van der Waals surface area contributed by atoms with Gasteiger partial charge in [0, 0.05) is 0 Å². The molecular weight excluding hydrogens is 336 g/mol. The normalized spacial score (nSPS) is 22.3. The smallest absolute Gasteiger partial charge is 0.104 e. The molecule has 1 saturated carbocycles. The highest BCUT2D eigenvalue weighted by molar-refractivity contribution is 4.91. The van der Waals surface area contributed by atoms with Crippen molar-refractivity contribution in [3.63, 3.8) is 0 Å². The summed E-state index contributed by atoms with van der Waals surface area (Å²) in [6, 6.07) is 0. The van der Waals surface area contributed by atoms with Crippen LogP contribution in [0, 0.1) is 5.92 Å². The van der Waals surface area contributed by atoms with Crippen molar-refractivity contribution in [1.29, 1.82) is 0 Å². The summed E-state index contributed by atoms with van der Waals surface area (Å²) in [5.41, 5.74) is 0.0951. The van der Waals surface area contributed by atoms with Crippen LogP contribution in [0.15, 0.2) is 12.8 Å². The lowest BCUT2D eigenvalue weighted by molar-refractivity contribution is -0.114. The summed E-state index contributed by atoms with van der Waals surface area (Å²) in [6.45, 7) is 8.43. The number of ether oxygens (including phenoxy) is 3. The topological polar surface area (TPSA) is 31.0 Å². The van der Waals surface area contributed by atoms with Gasteiger partial charge in [-0.1, -0.05) is 71.3 Å². The van der Waals surface area contributed by atoms with E-state index >= 15 is 0 Å². The van der Waals surface area contributed by atoms with Gasteiger partial charge in [-0.25, -0.2) is 0 Å². The molecule has 2 rings (SSSR count). The average Bonchev–Trinajstić information content (AvgIpc) is 3.53. The highest BCUT2D eigenvalue weighted by Crippen LogP contribution is 2.42. The fourth-order valence-corrected chi connectivity index (χ4v) is 4.74. The van der Waals surface area contributed by atoms with E-state index in [1.54, 1.807) is 6.26 Å². The van der Waals surface area contributed by atoms with Gasteiger partial charge in [-0.15, -0.1) is 0 Å². The van der Waals surface area contributed by atoms with Crippen molar-refractivity contribution >= 4 is 0 Å². The van der Waals surface area contributed by atoms with E-state index in [1.807, 2.05) is 0 Å². The third kappa shape index (κ3) is 9.00. The molecule has 2 aliphatic rings. The van der Waals surface area contributed by atoms with Gasteiger partial charge in [0.15, 0.2) is 0 Å². The van der Waals surface area contributed by atoms with Crippen LogP contribution >= 0.6 is 0 Å². The van der Waals surface area contributed by atoms with Crippen LogP contribution in [0.2, 0.25) is 0 Å². The Hall–Kier alpha value is -0.540. The number of unbranched alkanes of at least 4 members (excludes halogenated alkanes) is 6. The van der Waals surface area contributed by atoms with E-state index in [2.05, 4.69) is 13.5 Å². The van der Waals surface area contributed by atoms with Gasteiger partial charge in [-0.2, -0.15) is 0 Å². The van der Waals surface area contributed by atoms with E-state index in [9.17, 15) is 0 Å². The molecule has 0 N–H and O–H groups in total. The molecule has 0 aromatic carbocycles. The van der Waals surface area contributed by atoms with E-state index in [0.29, 0.717) is 6.10 Å². The van der Waals surface area contributed by atoms with Crippen molar-refractivity contribution in [2.24, 2.45) is 5.92 Å². The fourth-order valence-electron chi connectivity index (χ4n) is 4.74. The Morgan fingerprint density at radius 3 is 2.26 bits per heavy atom. The van der Waals surface area contributed by atoms with Crippen molar-refractivity contribution in [2.75, 3.05) is 19.8 Å². The second-order valence-corrected chi connectivity index (χ2v) is 8.68. The zero-order valence-corrected chi connectivity index (χ0v) is 17.9. The van der Waals surface area contributed by atoms with E-state index in [0.717, 1.165) is 32.2 Å². The van der Waals surface area contributed by atoms with E-state index in [-0.39, 0.29) is 5.60 Å². The predicted molar refractivity (Wildman–Crippen MR) is 113 cm³/mol. The van der Waals surface area contributed by atoms with Gasteiger partial charge in [-0.05, 0) is 44.4 Å². The maximum atomic E-state index is 6.76. The van der Waals surface area contributed by atoms with Gasteiger partial charge in [0.05, 0.1) is 31.7 Å². The maximum absolute atomic E-state index is 6.76. The minimum atomic E-state index is 0.0951. The average molecular weight is 381 g/mol. The van der Waals surface area contributed by atoms with Gasteiger partial charge in [0.25, 0.3) is 0 Å². The molecule has 2 unspecified atom stereocenters. The SMILES string of the molecule is C=COCCCCCC(CCCCCCC)(OCC1CO1)C1CCCCC1. The van der Waals surface area contributed by atoms with Gasteiger partial charge >= 0.3 is 0 Å². The molecule has 0 radical (unpaired) electrons. The maximum Gasteiger partial charge on any atom is 0.104 e. The highest BCUT2D eigenvalue weighted by Gasteiger charge is 2.40. The Balaban J connectivity index is 1.90. The molecule has 2 atom stereocenters. The largest absolute Gasteiger partial charge is 0.502 e. The molecule has 1 heterocycles. The first-order chi connectivity index (χ1) is 13.3. The predicted octanol–water partition coefficient (Wildman–Crippen LogP) is 6.80. The summed E-state index contributed by atoms with van der Waals surface area (Å²) in [7, 11) is 0. The minimum Gasteiger partial charge on any atom is -0.502 e. The molecule has 158 valence electrons. The molecule has 0 spiro atoms. The van der Waals surface area contributed by atoms with Crippen LogP contribution in [0.3, 0.4) is 0 Å². The standard InChI is InChI=1S/C24H44O3/c1-3-5-6-7-12-17-24(27-21-23-20-26-23,22-15-10-8-11-16-22)18-13-9-14-19-25-4-2/h4,22-23H,2-3,5-21H2,1H3. The van der Waals surface area contributed by atoms with Crippen molar-refractivity contribution in [2.45, 2.75) is 115 Å². The van der Waals surface area contributed by atoms with Crippen molar-refractivity contribution in [3.05, 3.63) is 12.8 Å². The van der Waals surface area contributed by atoms with E-state index in [1.165, 1.54) is 89.9 Å². The molecular formula is C24H44O3. The summed E-state index contributed by atoms with van der Waals surface area (Å²) in [4.78, 5) is 0. The van der Waals surface area contributed by atoms with Crippen LogP contribution in [-0.2, 0) is 14.2 Å². The third-order valence-corrected chi connectivity index (χ3v) is 6.49. The molecule has 2 fully saturated rings. The Labute approximate surface area is 168 Å². The van der Waals surface area contributed by atoms with Crippen LogP contribution in [0.25, 0.3) is 0 Å². The monoisotopic (exact) mass is 380 g/mol. The fraction of sp³-hybridized carbons (Fsp3) is 0.917. The Morgan fingerprint density at radius 1 is 0.963 bits per heavy atom. The Morgan fingerprint density at radius 2 is 1.63 bits per heavy atom. The van der Waals surface area contributed by atoms with Crippen LogP contribution in [0.1, 0.15) is 103 Å². The van der Waals surface area contributed by atoms with E-state index < -0.39 is 0 Å². The third-order valence-electron chi connectivity index (χ3n) is 6.49. The molecule has 1 aliphatic carbocycles. The quantitative estimate of drug-likeness (QED) is 0.158. The van der Waals surface area contributed by atoms with Crippen LogP contribution in [-0.4, -0.2) is 31.5 Å². The summed E-state index contributed by atoms with van der Waals surface area (Å²) >= 11 is 0. The molecule has 1 saturated heterocycles. The van der Waals surface area contributed by atoms with Crippen molar-refractivity contribution in [3.8, 4) is 0 Å². The summed E-state index contributed by atoms with van der Waals surface area (Å²) in [6.07, 6.45) is 21.6. The molecule has 0 aromatic rings. The van der Waals surface area contributed by atoms with Gasteiger partial charge in [-0.3, -0.25) is 0 Å². The van der Waals surface area contributed by atoms with Gasteiger partial charge < -0.3 is 14.2 Å². The Kier molecular flexibility index (Phi) is 11.5. The molecule has 1 aliphatic heterocycles. The highest BCUT2D eigenvalue weighted by atomic mass is 16.6. The van der Waals surface area contributed by atoms with Crippen LogP contribution < -0.4 is 0 Å². The lowest BCUT2D eigenvalue weighted by Crippen LogP contribution is -2.43. The summed E-state index contributed by atoms with van der Waals surface area (Å²) in [5, 5.41) is 0. The van der Waals surface area contributed by atoms with Crippen LogP contribution in [0.5, 0.6) is 0 Å². The van der Waals surface area contributed by atoms with Crippen molar-refractivity contribution in [1.82, 2.24) is 0 Å². The van der Waals surface area contributed by atoms with Crippen LogP contribution in [0.4, 0.5) is 0 Å². The molecule has 0 amide bonds. The molecule has 0 bridgehead atoms. The molecule has 27 heavy (non-hydrogen) atoms. The number of hydrogen-bond acceptors (Lipinski definition) is 3. The number of rotatable bonds is 17. The minimum absolute atomic E-state index is 0.0951. The Bertz CT molecular complexity index is 374. The summed E-state index contributed by atoms with van der Waals surface area (Å²) < 4.78 is 17.5.